The maximum absolute atomic E-state index is 12.4. The van der Waals surface area contributed by atoms with Gasteiger partial charge in [-0.2, -0.15) is 0 Å². The minimum absolute atomic E-state index is 0.0388. The first-order chi connectivity index (χ1) is 13.5. The summed E-state index contributed by atoms with van der Waals surface area (Å²) in [5.41, 5.74) is 2.49. The molecule has 1 aromatic heterocycles. The van der Waals surface area contributed by atoms with Gasteiger partial charge in [0.2, 0.25) is 11.0 Å². The van der Waals surface area contributed by atoms with E-state index < -0.39 is 0 Å². The highest BCUT2D eigenvalue weighted by atomic mass is 35.5. The molecule has 2 aromatic carbocycles. The van der Waals surface area contributed by atoms with Crippen molar-refractivity contribution in [1.82, 2.24) is 10.2 Å². The lowest BCUT2D eigenvalue weighted by molar-refractivity contribution is -0.117. The molecule has 0 bridgehead atoms. The zero-order valence-corrected chi connectivity index (χ0v) is 16.6. The summed E-state index contributed by atoms with van der Waals surface area (Å²) in [5.74, 6) is -0.273. The summed E-state index contributed by atoms with van der Waals surface area (Å²) in [7, 11) is 0. The van der Waals surface area contributed by atoms with E-state index in [0.717, 1.165) is 16.3 Å². The zero-order valence-electron chi connectivity index (χ0n) is 15.1. The molecular formula is C20H17ClN4O2S. The van der Waals surface area contributed by atoms with Crippen LogP contribution in [0, 0.1) is 6.92 Å². The number of carbonyl (C=O) groups is 2. The maximum Gasteiger partial charge on any atom is 0.257 e. The van der Waals surface area contributed by atoms with Crippen LogP contribution in [0.2, 0.25) is 5.02 Å². The molecule has 8 heteroatoms. The molecule has 0 saturated carbocycles. The van der Waals surface area contributed by atoms with E-state index in [1.165, 1.54) is 11.3 Å². The SMILES string of the molecule is Cc1ccc(N2CC(c3nnc(NC(=O)c4cccc(Cl)c4)s3)CC2=O)cc1. The molecule has 4 rings (SSSR count). The summed E-state index contributed by atoms with van der Waals surface area (Å²) in [6.45, 7) is 2.57. The molecule has 1 aliphatic heterocycles. The summed E-state index contributed by atoms with van der Waals surface area (Å²) in [6.07, 6.45) is 0.380. The minimum atomic E-state index is -0.297. The Labute approximate surface area is 171 Å². The van der Waals surface area contributed by atoms with Crippen molar-refractivity contribution in [3.05, 3.63) is 69.7 Å². The molecule has 1 N–H and O–H groups in total. The number of anilines is 2. The highest BCUT2D eigenvalue weighted by Gasteiger charge is 2.34. The van der Waals surface area contributed by atoms with Crippen LogP contribution >= 0.6 is 22.9 Å². The topological polar surface area (TPSA) is 75.2 Å². The number of hydrogen-bond acceptors (Lipinski definition) is 5. The third-order valence-electron chi connectivity index (χ3n) is 4.57. The van der Waals surface area contributed by atoms with E-state index in [1.54, 1.807) is 29.2 Å². The molecule has 1 fully saturated rings. The number of amides is 2. The number of nitrogens with one attached hydrogen (secondary N) is 1. The fourth-order valence-electron chi connectivity index (χ4n) is 3.10. The van der Waals surface area contributed by atoms with Crippen LogP contribution in [0.15, 0.2) is 48.5 Å². The molecular weight excluding hydrogens is 396 g/mol. The number of hydrogen-bond donors (Lipinski definition) is 1. The van der Waals surface area contributed by atoms with Crippen molar-refractivity contribution in [2.24, 2.45) is 0 Å². The number of nitrogens with zero attached hydrogens (tertiary/aromatic N) is 3. The van der Waals surface area contributed by atoms with E-state index in [2.05, 4.69) is 15.5 Å². The van der Waals surface area contributed by atoms with Gasteiger partial charge in [0.1, 0.15) is 5.01 Å². The van der Waals surface area contributed by atoms with Crippen LogP contribution in [0.25, 0.3) is 0 Å². The van der Waals surface area contributed by atoms with E-state index in [0.29, 0.717) is 28.7 Å². The Morgan fingerprint density at radius 2 is 2.00 bits per heavy atom. The van der Waals surface area contributed by atoms with Crippen LogP contribution in [-0.4, -0.2) is 28.6 Å². The second-order valence-corrected chi connectivity index (χ2v) is 8.10. The molecule has 2 heterocycles. The molecule has 6 nitrogen and oxygen atoms in total. The average Bonchev–Trinajstić information content (AvgIpc) is 3.29. The maximum atomic E-state index is 12.4. The molecule has 1 unspecified atom stereocenters. The van der Waals surface area contributed by atoms with Gasteiger partial charge in [-0.1, -0.05) is 46.7 Å². The predicted molar refractivity (Wildman–Crippen MR) is 110 cm³/mol. The fraction of sp³-hybridized carbons (Fsp3) is 0.200. The van der Waals surface area contributed by atoms with Crippen LogP contribution in [0.3, 0.4) is 0 Å². The summed E-state index contributed by atoms with van der Waals surface area (Å²) < 4.78 is 0. The molecule has 142 valence electrons. The van der Waals surface area contributed by atoms with Crippen molar-refractivity contribution >= 4 is 45.6 Å². The molecule has 1 aliphatic rings. The van der Waals surface area contributed by atoms with Crippen molar-refractivity contribution in [2.45, 2.75) is 19.3 Å². The van der Waals surface area contributed by atoms with Gasteiger partial charge in [0.15, 0.2) is 0 Å². The first-order valence-electron chi connectivity index (χ1n) is 8.77. The number of halogens is 1. The molecule has 0 radical (unpaired) electrons. The predicted octanol–water partition coefficient (Wildman–Crippen LogP) is 4.27. The Bertz CT molecular complexity index is 1030. The van der Waals surface area contributed by atoms with Gasteiger partial charge in [0, 0.05) is 35.2 Å². The number of aromatic nitrogens is 2. The zero-order chi connectivity index (χ0) is 19.7. The molecule has 28 heavy (non-hydrogen) atoms. The van der Waals surface area contributed by atoms with Crippen molar-refractivity contribution in [2.75, 3.05) is 16.8 Å². The number of rotatable bonds is 4. The van der Waals surface area contributed by atoms with Crippen molar-refractivity contribution < 1.29 is 9.59 Å². The average molecular weight is 413 g/mol. The summed E-state index contributed by atoms with van der Waals surface area (Å²) in [5, 5.41) is 12.6. The number of aryl methyl sites for hydroxylation is 1. The Morgan fingerprint density at radius 1 is 1.21 bits per heavy atom. The Kier molecular flexibility index (Phi) is 5.11. The van der Waals surface area contributed by atoms with E-state index >= 15 is 0 Å². The minimum Gasteiger partial charge on any atom is -0.312 e. The van der Waals surface area contributed by atoms with Crippen molar-refractivity contribution in [3.8, 4) is 0 Å². The van der Waals surface area contributed by atoms with E-state index in [1.807, 2.05) is 31.2 Å². The van der Waals surface area contributed by atoms with Crippen LogP contribution < -0.4 is 10.2 Å². The number of carbonyl (C=O) groups excluding carboxylic acids is 2. The second kappa shape index (κ2) is 7.69. The molecule has 0 spiro atoms. The van der Waals surface area contributed by atoms with Crippen molar-refractivity contribution in [1.29, 1.82) is 0 Å². The summed E-state index contributed by atoms with van der Waals surface area (Å²) in [4.78, 5) is 26.5. The summed E-state index contributed by atoms with van der Waals surface area (Å²) in [6, 6.07) is 14.6. The van der Waals surface area contributed by atoms with E-state index in [-0.39, 0.29) is 17.7 Å². The lowest BCUT2D eigenvalue weighted by atomic mass is 10.1. The highest BCUT2D eigenvalue weighted by molar-refractivity contribution is 7.15. The van der Waals surface area contributed by atoms with Gasteiger partial charge in [-0.15, -0.1) is 10.2 Å². The van der Waals surface area contributed by atoms with Crippen LogP contribution in [-0.2, 0) is 4.79 Å². The molecule has 1 atom stereocenters. The van der Waals surface area contributed by atoms with Gasteiger partial charge >= 0.3 is 0 Å². The smallest absolute Gasteiger partial charge is 0.257 e. The van der Waals surface area contributed by atoms with E-state index in [4.69, 9.17) is 11.6 Å². The van der Waals surface area contributed by atoms with Gasteiger partial charge in [-0.25, -0.2) is 0 Å². The third kappa shape index (κ3) is 3.90. The standard InChI is InChI=1S/C20H17ClN4O2S/c1-12-5-7-16(8-6-12)25-11-14(10-17(25)26)19-23-24-20(28-19)22-18(27)13-3-2-4-15(21)9-13/h2-9,14H,10-11H2,1H3,(H,22,24,27). The van der Waals surface area contributed by atoms with Crippen LogP contribution in [0.5, 0.6) is 0 Å². The van der Waals surface area contributed by atoms with Crippen LogP contribution in [0.1, 0.15) is 33.3 Å². The first-order valence-corrected chi connectivity index (χ1v) is 9.96. The van der Waals surface area contributed by atoms with E-state index in [9.17, 15) is 9.59 Å². The quantitative estimate of drug-likeness (QED) is 0.694. The molecule has 1 saturated heterocycles. The first kappa shape index (κ1) is 18.6. The highest BCUT2D eigenvalue weighted by Crippen LogP contribution is 2.34. The fourth-order valence-corrected chi connectivity index (χ4v) is 4.12. The molecule has 3 aromatic rings. The number of benzene rings is 2. The van der Waals surface area contributed by atoms with Crippen LogP contribution in [0.4, 0.5) is 10.8 Å². The van der Waals surface area contributed by atoms with Gasteiger partial charge in [-0.05, 0) is 37.3 Å². The summed E-state index contributed by atoms with van der Waals surface area (Å²) >= 11 is 7.22. The Morgan fingerprint density at radius 3 is 2.75 bits per heavy atom. The lowest BCUT2D eigenvalue weighted by Gasteiger charge is -2.16. The monoisotopic (exact) mass is 412 g/mol. The van der Waals surface area contributed by atoms with Gasteiger partial charge < -0.3 is 4.90 Å². The molecule has 2 amide bonds. The van der Waals surface area contributed by atoms with Gasteiger partial charge in [-0.3, -0.25) is 14.9 Å². The molecule has 0 aliphatic carbocycles. The van der Waals surface area contributed by atoms with Gasteiger partial charge in [0.05, 0.1) is 0 Å². The third-order valence-corrected chi connectivity index (χ3v) is 5.80. The normalized spacial score (nSPS) is 16.4. The van der Waals surface area contributed by atoms with Gasteiger partial charge in [0.25, 0.3) is 5.91 Å². The lowest BCUT2D eigenvalue weighted by Crippen LogP contribution is -2.24. The second-order valence-electron chi connectivity index (χ2n) is 6.65. The Hall–Kier alpha value is -2.77. The van der Waals surface area contributed by atoms with Crippen molar-refractivity contribution in [3.63, 3.8) is 0 Å². The Balaban J connectivity index is 1.45. The largest absolute Gasteiger partial charge is 0.312 e.